The van der Waals surface area contributed by atoms with E-state index in [1.807, 2.05) is 46.3 Å². The first-order chi connectivity index (χ1) is 11.2. The van der Waals surface area contributed by atoms with Crippen molar-refractivity contribution in [2.75, 3.05) is 5.75 Å². The summed E-state index contributed by atoms with van der Waals surface area (Å²) in [7, 11) is 0. The van der Waals surface area contributed by atoms with Crippen molar-refractivity contribution in [3.63, 3.8) is 0 Å². The second-order valence-electron chi connectivity index (χ2n) is 4.64. The highest BCUT2D eigenvalue weighted by atomic mass is 32.2. The molecule has 0 aliphatic rings. The van der Waals surface area contributed by atoms with E-state index in [1.165, 1.54) is 11.8 Å². The number of carbonyl (C=O) groups excluding carboxylic acids is 2. The third kappa shape index (κ3) is 4.11. The van der Waals surface area contributed by atoms with Gasteiger partial charge in [-0.15, -0.1) is 11.3 Å². The van der Waals surface area contributed by atoms with Crippen LogP contribution in [0.2, 0.25) is 0 Å². The van der Waals surface area contributed by atoms with Crippen LogP contribution in [0, 0.1) is 0 Å². The van der Waals surface area contributed by atoms with Crippen LogP contribution >= 0.6 is 23.1 Å². The summed E-state index contributed by atoms with van der Waals surface area (Å²) >= 11 is 2.84. The van der Waals surface area contributed by atoms with Gasteiger partial charge in [0.2, 0.25) is 5.91 Å². The monoisotopic (exact) mass is 346 g/mol. The molecule has 0 atom stereocenters. The molecule has 0 saturated carbocycles. The maximum atomic E-state index is 11.8. The van der Waals surface area contributed by atoms with Crippen molar-refractivity contribution in [1.29, 1.82) is 0 Å². The fourth-order valence-electron chi connectivity index (χ4n) is 1.94. The molecule has 6 nitrogen and oxygen atoms in total. The molecule has 0 aliphatic heterocycles. The molecule has 0 aliphatic carbocycles. The number of aromatic nitrogens is 2. The van der Waals surface area contributed by atoms with Crippen molar-refractivity contribution in [3.05, 3.63) is 53.0 Å². The zero-order valence-corrected chi connectivity index (χ0v) is 13.7. The third-order valence-electron chi connectivity index (χ3n) is 2.99. The van der Waals surface area contributed by atoms with Gasteiger partial charge in [-0.25, -0.2) is 9.78 Å². The van der Waals surface area contributed by atoms with Crippen molar-refractivity contribution < 1.29 is 9.59 Å². The Labute approximate surface area is 140 Å². The van der Waals surface area contributed by atoms with E-state index in [0.717, 1.165) is 15.6 Å². The van der Waals surface area contributed by atoms with Crippen molar-refractivity contribution in [2.24, 2.45) is 0 Å². The average Bonchev–Trinajstić information content (AvgIpc) is 3.21. The number of nitrogens with one attached hydrogen (secondary N) is 2. The van der Waals surface area contributed by atoms with E-state index in [2.05, 4.69) is 15.6 Å². The van der Waals surface area contributed by atoms with Crippen LogP contribution in [0.4, 0.5) is 4.79 Å². The minimum atomic E-state index is -0.489. The number of rotatable bonds is 5. The van der Waals surface area contributed by atoms with Gasteiger partial charge in [0.05, 0.1) is 24.0 Å². The predicted molar refractivity (Wildman–Crippen MR) is 90.6 cm³/mol. The lowest BCUT2D eigenvalue weighted by Gasteiger charge is -2.05. The van der Waals surface area contributed by atoms with Gasteiger partial charge in [-0.3, -0.25) is 14.5 Å². The Morgan fingerprint density at radius 1 is 1.26 bits per heavy atom. The molecule has 118 valence electrons. The Balaban J connectivity index is 1.46. The normalized spacial score (nSPS) is 10.6. The SMILES string of the molecule is O=C(CSc1ncc2ccccn12)NC(=O)NCc1cccs1. The van der Waals surface area contributed by atoms with E-state index < -0.39 is 6.03 Å². The molecule has 3 aromatic rings. The molecule has 3 heterocycles. The van der Waals surface area contributed by atoms with Gasteiger partial charge < -0.3 is 5.32 Å². The van der Waals surface area contributed by atoms with Gasteiger partial charge in [0.1, 0.15) is 0 Å². The lowest BCUT2D eigenvalue weighted by Crippen LogP contribution is -2.39. The van der Waals surface area contributed by atoms with Gasteiger partial charge in [-0.1, -0.05) is 23.9 Å². The first-order valence-corrected chi connectivity index (χ1v) is 8.74. The van der Waals surface area contributed by atoms with Gasteiger partial charge in [-0.2, -0.15) is 0 Å². The first-order valence-electron chi connectivity index (χ1n) is 6.87. The summed E-state index contributed by atoms with van der Waals surface area (Å²) in [5.41, 5.74) is 0.962. The van der Waals surface area contributed by atoms with E-state index in [9.17, 15) is 9.59 Å². The largest absolute Gasteiger partial charge is 0.333 e. The van der Waals surface area contributed by atoms with Crippen LogP contribution in [-0.4, -0.2) is 27.1 Å². The Morgan fingerprint density at radius 2 is 2.17 bits per heavy atom. The Kier molecular flexibility index (Phi) is 4.94. The molecule has 23 heavy (non-hydrogen) atoms. The highest BCUT2D eigenvalue weighted by Gasteiger charge is 2.10. The molecule has 0 saturated heterocycles. The minimum absolute atomic E-state index is 0.125. The third-order valence-corrected chi connectivity index (χ3v) is 4.84. The molecule has 2 N–H and O–H groups in total. The number of pyridine rings is 1. The lowest BCUT2D eigenvalue weighted by molar-refractivity contribution is -0.117. The van der Waals surface area contributed by atoms with Crippen LogP contribution in [0.5, 0.6) is 0 Å². The fourth-order valence-corrected chi connectivity index (χ4v) is 3.35. The molecule has 0 aromatic carbocycles. The second-order valence-corrected chi connectivity index (χ2v) is 6.61. The number of imide groups is 1. The average molecular weight is 346 g/mol. The second kappa shape index (κ2) is 7.30. The number of thioether (sulfide) groups is 1. The summed E-state index contributed by atoms with van der Waals surface area (Å²) in [4.78, 5) is 28.8. The van der Waals surface area contributed by atoms with Crippen molar-refractivity contribution in [1.82, 2.24) is 20.0 Å². The maximum Gasteiger partial charge on any atom is 0.321 e. The van der Waals surface area contributed by atoms with Gasteiger partial charge in [0.25, 0.3) is 0 Å². The van der Waals surface area contributed by atoms with Gasteiger partial charge >= 0.3 is 6.03 Å². The van der Waals surface area contributed by atoms with Gasteiger partial charge in [0, 0.05) is 11.1 Å². The molecular formula is C15H14N4O2S2. The van der Waals surface area contributed by atoms with Crippen LogP contribution in [-0.2, 0) is 11.3 Å². The molecule has 0 radical (unpaired) electrons. The van der Waals surface area contributed by atoms with Crippen LogP contribution in [0.3, 0.4) is 0 Å². The van der Waals surface area contributed by atoms with E-state index in [0.29, 0.717) is 6.54 Å². The molecule has 3 rings (SSSR count). The highest BCUT2D eigenvalue weighted by molar-refractivity contribution is 7.99. The summed E-state index contributed by atoms with van der Waals surface area (Å²) in [6.45, 7) is 0.412. The van der Waals surface area contributed by atoms with Gasteiger partial charge in [-0.05, 0) is 23.6 Å². The Morgan fingerprint density at radius 3 is 3.00 bits per heavy atom. The van der Waals surface area contributed by atoms with E-state index in [-0.39, 0.29) is 11.7 Å². The predicted octanol–water partition coefficient (Wildman–Crippen LogP) is 2.51. The van der Waals surface area contributed by atoms with Crippen LogP contribution in [0.1, 0.15) is 4.88 Å². The highest BCUT2D eigenvalue weighted by Crippen LogP contribution is 2.17. The van der Waals surface area contributed by atoms with Crippen LogP contribution in [0.25, 0.3) is 5.52 Å². The van der Waals surface area contributed by atoms with Crippen molar-refractivity contribution in [3.8, 4) is 0 Å². The smallest absolute Gasteiger partial charge is 0.321 e. The van der Waals surface area contributed by atoms with Crippen molar-refractivity contribution >= 4 is 40.6 Å². The molecule has 0 unspecified atom stereocenters. The number of urea groups is 1. The van der Waals surface area contributed by atoms with Crippen molar-refractivity contribution in [2.45, 2.75) is 11.7 Å². The minimum Gasteiger partial charge on any atom is -0.333 e. The Hall–Kier alpha value is -2.32. The number of carbonyl (C=O) groups is 2. The Bertz CT molecular complexity index is 814. The summed E-state index contributed by atoms with van der Waals surface area (Å²) in [5.74, 6) is -0.230. The van der Waals surface area contributed by atoms with Crippen LogP contribution < -0.4 is 10.6 Å². The van der Waals surface area contributed by atoms with E-state index >= 15 is 0 Å². The topological polar surface area (TPSA) is 75.5 Å². The summed E-state index contributed by atoms with van der Waals surface area (Å²) in [6.07, 6.45) is 3.63. The lowest BCUT2D eigenvalue weighted by atomic mass is 10.4. The van der Waals surface area contributed by atoms with E-state index in [1.54, 1.807) is 17.5 Å². The zero-order valence-electron chi connectivity index (χ0n) is 12.1. The summed E-state index contributed by atoms with van der Waals surface area (Å²) in [6, 6.07) is 9.11. The number of hydrogen-bond donors (Lipinski definition) is 2. The number of thiophene rings is 1. The summed E-state index contributed by atoms with van der Waals surface area (Å²) in [5, 5.41) is 7.61. The number of amides is 3. The standard InChI is InChI=1S/C15H14N4O2S2/c20-13(18-14(21)16-9-12-5-3-7-22-12)10-23-15-17-8-11-4-1-2-6-19(11)15/h1-8H,9-10H2,(H2,16,18,20,21). The first kappa shape index (κ1) is 15.6. The maximum absolute atomic E-state index is 11.8. The molecule has 0 spiro atoms. The van der Waals surface area contributed by atoms with Crippen LogP contribution in [0.15, 0.2) is 53.3 Å². The molecule has 0 bridgehead atoms. The molecule has 0 fully saturated rings. The zero-order chi connectivity index (χ0) is 16.1. The number of hydrogen-bond acceptors (Lipinski definition) is 5. The summed E-state index contributed by atoms with van der Waals surface area (Å²) < 4.78 is 1.90. The molecular weight excluding hydrogens is 332 g/mol. The quantitative estimate of drug-likeness (QED) is 0.696. The molecule has 8 heteroatoms. The van der Waals surface area contributed by atoms with E-state index in [4.69, 9.17) is 0 Å². The van der Waals surface area contributed by atoms with Gasteiger partial charge in [0.15, 0.2) is 5.16 Å². The fraction of sp³-hybridized carbons (Fsp3) is 0.133. The molecule has 3 amide bonds. The molecule has 3 aromatic heterocycles. The number of nitrogens with zero attached hydrogens (tertiary/aromatic N) is 2. The number of fused-ring (bicyclic) bond motifs is 1. The number of imidazole rings is 1.